The van der Waals surface area contributed by atoms with Crippen molar-refractivity contribution in [3.8, 4) is 5.75 Å². The highest BCUT2D eigenvalue weighted by atomic mass is 19.2. The minimum Gasteiger partial charge on any atom is -0.505 e. The Hall–Kier alpha value is -1.27. The van der Waals surface area contributed by atoms with Crippen LogP contribution >= 0.6 is 0 Å². The molecule has 2 unspecified atom stereocenters. The fraction of sp³-hybridized carbons (Fsp3) is 0.500. The molecule has 0 radical (unpaired) electrons. The monoisotopic (exact) mass is 260 g/mol. The van der Waals surface area contributed by atoms with Crippen molar-refractivity contribution in [2.24, 2.45) is 11.7 Å². The van der Waals surface area contributed by atoms with E-state index in [-0.39, 0.29) is 5.92 Å². The van der Waals surface area contributed by atoms with E-state index < -0.39 is 34.8 Å². The summed E-state index contributed by atoms with van der Waals surface area (Å²) in [6.45, 7) is 1.00. The van der Waals surface area contributed by atoms with Gasteiger partial charge in [-0.15, -0.1) is 0 Å². The average Bonchev–Trinajstić information content (AvgIpc) is 2.69. The maximum Gasteiger partial charge on any atom is 0.172 e. The highest BCUT2D eigenvalue weighted by Gasteiger charge is 2.35. The Kier molecular flexibility index (Phi) is 3.49. The molecule has 100 valence electrons. The lowest BCUT2D eigenvalue weighted by molar-refractivity contribution is 0.290. The van der Waals surface area contributed by atoms with Crippen LogP contribution in [0.5, 0.6) is 5.75 Å². The van der Waals surface area contributed by atoms with Gasteiger partial charge >= 0.3 is 0 Å². The Morgan fingerprint density at radius 3 is 2.61 bits per heavy atom. The zero-order valence-electron chi connectivity index (χ0n) is 9.96. The van der Waals surface area contributed by atoms with Gasteiger partial charge in [0, 0.05) is 24.2 Å². The van der Waals surface area contributed by atoms with Gasteiger partial charge in [-0.05, 0) is 25.9 Å². The lowest BCUT2D eigenvalue weighted by Gasteiger charge is -2.21. The molecular weight excluding hydrogens is 245 g/mol. The molecule has 0 saturated carbocycles. The first-order valence-electron chi connectivity index (χ1n) is 5.72. The van der Waals surface area contributed by atoms with Crippen LogP contribution in [0.3, 0.4) is 0 Å². The van der Waals surface area contributed by atoms with Crippen LogP contribution in [0.2, 0.25) is 0 Å². The third-order valence-electron chi connectivity index (χ3n) is 3.47. The highest BCUT2D eigenvalue weighted by molar-refractivity contribution is 5.35. The molecule has 1 aliphatic rings. The third kappa shape index (κ3) is 2.06. The van der Waals surface area contributed by atoms with Gasteiger partial charge in [-0.25, -0.2) is 13.2 Å². The van der Waals surface area contributed by atoms with Gasteiger partial charge < -0.3 is 10.8 Å². The van der Waals surface area contributed by atoms with Gasteiger partial charge in [-0.3, -0.25) is 4.90 Å². The number of halogens is 3. The molecule has 1 aliphatic heterocycles. The van der Waals surface area contributed by atoms with Gasteiger partial charge in [0.2, 0.25) is 0 Å². The van der Waals surface area contributed by atoms with Crippen LogP contribution < -0.4 is 5.73 Å². The number of rotatable bonds is 2. The quantitative estimate of drug-likeness (QED) is 0.797. The zero-order chi connectivity index (χ0) is 13.4. The second kappa shape index (κ2) is 4.78. The molecule has 18 heavy (non-hydrogen) atoms. The zero-order valence-corrected chi connectivity index (χ0v) is 9.96. The fourth-order valence-corrected chi connectivity index (χ4v) is 2.52. The Balaban J connectivity index is 2.45. The maximum atomic E-state index is 13.8. The van der Waals surface area contributed by atoms with Crippen LogP contribution in [0.1, 0.15) is 18.0 Å². The van der Waals surface area contributed by atoms with Gasteiger partial charge in [0.25, 0.3) is 0 Å². The molecule has 0 amide bonds. The van der Waals surface area contributed by atoms with Gasteiger partial charge in [-0.1, -0.05) is 0 Å². The summed E-state index contributed by atoms with van der Waals surface area (Å²) in [5.41, 5.74) is 5.12. The minimum atomic E-state index is -1.24. The average molecular weight is 260 g/mol. The Labute approximate surface area is 103 Å². The summed E-state index contributed by atoms with van der Waals surface area (Å²) >= 11 is 0. The number of phenolic OH excluding ortho intramolecular Hbond substituents is 1. The lowest BCUT2D eigenvalue weighted by atomic mass is 9.98. The molecule has 0 aliphatic carbocycles. The van der Waals surface area contributed by atoms with Crippen molar-refractivity contribution < 1.29 is 18.3 Å². The second-order valence-electron chi connectivity index (χ2n) is 4.71. The summed E-state index contributed by atoms with van der Waals surface area (Å²) in [4.78, 5) is 1.72. The van der Waals surface area contributed by atoms with E-state index in [1.54, 1.807) is 11.9 Å². The van der Waals surface area contributed by atoms with Crippen molar-refractivity contribution in [2.75, 3.05) is 20.1 Å². The molecule has 2 rings (SSSR count). The summed E-state index contributed by atoms with van der Waals surface area (Å²) in [6.07, 6.45) is 0.448. The lowest BCUT2D eigenvalue weighted by Crippen LogP contribution is -2.22. The van der Waals surface area contributed by atoms with Crippen LogP contribution in [0, 0.1) is 23.4 Å². The van der Waals surface area contributed by atoms with Gasteiger partial charge in [0.15, 0.2) is 23.2 Å². The Morgan fingerprint density at radius 2 is 2.06 bits per heavy atom. The number of hydrogen-bond donors (Lipinski definition) is 2. The van der Waals surface area contributed by atoms with Crippen molar-refractivity contribution in [3.05, 3.63) is 29.1 Å². The van der Waals surface area contributed by atoms with E-state index in [2.05, 4.69) is 0 Å². The third-order valence-corrected chi connectivity index (χ3v) is 3.47. The molecule has 1 aromatic rings. The number of nitrogens with zero attached hydrogens (tertiary/aromatic N) is 1. The number of hydrogen-bond acceptors (Lipinski definition) is 3. The minimum absolute atomic E-state index is 0.115. The Bertz CT molecular complexity index is 441. The van der Waals surface area contributed by atoms with Crippen molar-refractivity contribution in [3.63, 3.8) is 0 Å². The second-order valence-corrected chi connectivity index (χ2v) is 4.71. The van der Waals surface area contributed by atoms with E-state index in [9.17, 15) is 18.3 Å². The maximum absolute atomic E-state index is 13.8. The SMILES string of the molecule is CN1CC(CN)CC1c1c(F)c(O)cc(F)c1F. The van der Waals surface area contributed by atoms with Crippen LogP contribution in [0.25, 0.3) is 0 Å². The molecule has 1 saturated heterocycles. The first kappa shape index (κ1) is 13.2. The van der Waals surface area contributed by atoms with Crippen LogP contribution in [0.15, 0.2) is 6.07 Å². The van der Waals surface area contributed by atoms with Crippen LogP contribution in [-0.4, -0.2) is 30.1 Å². The molecule has 1 heterocycles. The summed E-state index contributed by atoms with van der Waals surface area (Å²) in [5, 5.41) is 9.25. The van der Waals surface area contributed by atoms with E-state index in [1.165, 1.54) is 0 Å². The van der Waals surface area contributed by atoms with Gasteiger partial charge in [0.05, 0.1) is 0 Å². The van der Waals surface area contributed by atoms with Crippen molar-refractivity contribution in [1.29, 1.82) is 0 Å². The molecule has 6 heteroatoms. The van der Waals surface area contributed by atoms with Crippen LogP contribution in [-0.2, 0) is 0 Å². The topological polar surface area (TPSA) is 49.5 Å². The normalized spacial score (nSPS) is 24.7. The predicted octanol–water partition coefficient (Wildman–Crippen LogP) is 1.76. The standard InChI is InChI=1S/C12H15F3N2O/c1-17-5-6(4-16)2-8(17)10-11(14)7(13)3-9(18)12(10)15/h3,6,8,18H,2,4-5,16H2,1H3. The molecule has 3 N–H and O–H groups in total. The summed E-state index contributed by atoms with van der Waals surface area (Å²) < 4.78 is 40.7. The molecule has 0 aromatic heterocycles. The highest BCUT2D eigenvalue weighted by Crippen LogP contribution is 2.39. The smallest absolute Gasteiger partial charge is 0.172 e. The fourth-order valence-electron chi connectivity index (χ4n) is 2.52. The molecule has 0 spiro atoms. The number of phenols is 1. The number of nitrogens with two attached hydrogens (primary N) is 1. The molecule has 3 nitrogen and oxygen atoms in total. The van der Waals surface area contributed by atoms with Crippen LogP contribution in [0.4, 0.5) is 13.2 Å². The predicted molar refractivity (Wildman–Crippen MR) is 60.5 cm³/mol. The number of benzene rings is 1. The number of likely N-dealkylation sites (tertiary alicyclic amines) is 1. The first-order chi connectivity index (χ1) is 8.45. The van der Waals surface area contributed by atoms with Gasteiger partial charge in [0.1, 0.15) is 0 Å². The van der Waals surface area contributed by atoms with Crippen molar-refractivity contribution in [2.45, 2.75) is 12.5 Å². The number of aromatic hydroxyl groups is 1. The summed E-state index contributed by atoms with van der Waals surface area (Å²) in [6, 6.07) is -0.149. The van der Waals surface area contributed by atoms with E-state index in [0.29, 0.717) is 25.6 Å². The summed E-state index contributed by atoms with van der Waals surface area (Å²) in [5.74, 6) is -4.32. The largest absolute Gasteiger partial charge is 0.505 e. The Morgan fingerprint density at radius 1 is 1.39 bits per heavy atom. The molecule has 1 aromatic carbocycles. The van der Waals surface area contributed by atoms with Crippen molar-refractivity contribution >= 4 is 0 Å². The first-order valence-corrected chi connectivity index (χ1v) is 5.72. The molecule has 2 atom stereocenters. The molecule has 0 bridgehead atoms. The van der Waals surface area contributed by atoms with E-state index in [1.807, 2.05) is 0 Å². The molecule has 1 fully saturated rings. The summed E-state index contributed by atoms with van der Waals surface area (Å²) in [7, 11) is 1.70. The van der Waals surface area contributed by atoms with Crippen molar-refractivity contribution in [1.82, 2.24) is 4.90 Å². The van der Waals surface area contributed by atoms with E-state index in [4.69, 9.17) is 5.73 Å². The van der Waals surface area contributed by atoms with Gasteiger partial charge in [-0.2, -0.15) is 0 Å². The molecular formula is C12H15F3N2O. The van der Waals surface area contributed by atoms with E-state index in [0.717, 1.165) is 0 Å². The van der Waals surface area contributed by atoms with E-state index >= 15 is 0 Å².